The second-order valence-electron chi connectivity index (χ2n) is 8.23. The van der Waals surface area contributed by atoms with Crippen LogP contribution in [0.3, 0.4) is 0 Å². The highest BCUT2D eigenvalue weighted by atomic mass is 19.1. The molecule has 1 saturated heterocycles. The number of nitrogens with zero attached hydrogens (tertiary/aromatic N) is 6. The van der Waals surface area contributed by atoms with Crippen LogP contribution in [0.2, 0.25) is 0 Å². The average Bonchev–Trinajstić information content (AvgIpc) is 3.24. The highest BCUT2D eigenvalue weighted by Gasteiger charge is 2.22. The number of anilines is 1. The van der Waals surface area contributed by atoms with Crippen LogP contribution in [0.15, 0.2) is 36.5 Å². The lowest BCUT2D eigenvalue weighted by atomic mass is 9.98. The van der Waals surface area contributed by atoms with E-state index in [9.17, 15) is 14.8 Å². The molecule has 0 atom stereocenters. The summed E-state index contributed by atoms with van der Waals surface area (Å²) in [5.41, 5.74) is 3.15. The number of aryl methyl sites for hydroxylation is 1. The number of hydrogen-bond acceptors (Lipinski definition) is 7. The summed E-state index contributed by atoms with van der Waals surface area (Å²) in [6.45, 7) is 5.66. The molecule has 5 rings (SSSR count). The number of nitrogens with one attached hydrogen (secondary N) is 1. The van der Waals surface area contributed by atoms with Gasteiger partial charge in [-0.15, -0.1) is 0 Å². The Labute approximate surface area is 189 Å². The topological polar surface area (TPSA) is 105 Å². The minimum Gasteiger partial charge on any atom is -0.508 e. The van der Waals surface area contributed by atoms with Crippen LogP contribution in [-0.2, 0) is 0 Å². The van der Waals surface area contributed by atoms with Gasteiger partial charge in [0.05, 0.1) is 16.6 Å². The fourth-order valence-electron chi connectivity index (χ4n) is 4.22. The number of aromatic nitrogens is 4. The Morgan fingerprint density at radius 2 is 1.91 bits per heavy atom. The van der Waals surface area contributed by atoms with E-state index >= 15 is 0 Å². The van der Waals surface area contributed by atoms with Gasteiger partial charge in [0.15, 0.2) is 5.65 Å². The maximum atomic E-state index is 14.5. The molecule has 1 aliphatic heterocycles. The van der Waals surface area contributed by atoms with Crippen LogP contribution < -0.4 is 4.90 Å². The Hall–Kier alpha value is -4.03. The van der Waals surface area contributed by atoms with Crippen molar-refractivity contribution in [2.45, 2.75) is 6.92 Å². The number of fused-ring (bicyclic) bond motifs is 1. The van der Waals surface area contributed by atoms with Gasteiger partial charge in [0.25, 0.3) is 0 Å². The summed E-state index contributed by atoms with van der Waals surface area (Å²) in [7, 11) is 2.11. The third kappa shape index (κ3) is 3.64. The van der Waals surface area contributed by atoms with E-state index < -0.39 is 5.82 Å². The fraction of sp³-hybridized carbons (Fsp3) is 0.250. The Bertz CT molecular complexity index is 1380. The van der Waals surface area contributed by atoms with Crippen LogP contribution in [-0.4, -0.2) is 63.4 Å². The van der Waals surface area contributed by atoms with E-state index in [2.05, 4.69) is 43.1 Å². The number of likely N-dealkylation sites (N-methyl/N-ethyl adjacent to an activating group) is 1. The number of phenols is 1. The molecule has 0 bridgehead atoms. The first kappa shape index (κ1) is 20.8. The van der Waals surface area contributed by atoms with E-state index in [0.717, 1.165) is 43.6 Å². The van der Waals surface area contributed by atoms with Crippen LogP contribution in [0.25, 0.3) is 33.5 Å². The van der Waals surface area contributed by atoms with E-state index in [-0.39, 0.29) is 22.6 Å². The Kier molecular flexibility index (Phi) is 5.15. The fourth-order valence-corrected chi connectivity index (χ4v) is 4.22. The van der Waals surface area contributed by atoms with Crippen molar-refractivity contribution in [3.63, 3.8) is 0 Å². The molecule has 2 N–H and O–H groups in total. The molecule has 0 unspecified atom stereocenters. The molecule has 9 heteroatoms. The third-order valence-electron chi connectivity index (χ3n) is 6.13. The molecule has 33 heavy (non-hydrogen) atoms. The summed E-state index contributed by atoms with van der Waals surface area (Å²) >= 11 is 0. The van der Waals surface area contributed by atoms with Crippen molar-refractivity contribution in [3.05, 3.63) is 53.5 Å². The summed E-state index contributed by atoms with van der Waals surface area (Å²) in [5.74, 6) is 0.0782. The molecule has 0 spiro atoms. The molecular weight excluding hydrogens is 421 g/mol. The number of nitriles is 1. The zero-order valence-electron chi connectivity index (χ0n) is 18.3. The van der Waals surface area contributed by atoms with Gasteiger partial charge >= 0.3 is 0 Å². The SMILES string of the molecule is Cc1c(C#N)c(-c2ccc(O)cc2F)nc2[nH]nc(-c3ccc(N4CCN(C)CC4)nc3)c12. The normalized spacial score (nSPS) is 14.5. The summed E-state index contributed by atoms with van der Waals surface area (Å²) in [5, 5.41) is 27.4. The number of H-pyrrole nitrogens is 1. The molecule has 0 saturated carbocycles. The van der Waals surface area contributed by atoms with Crippen LogP contribution in [0.5, 0.6) is 5.75 Å². The molecule has 4 aromatic rings. The van der Waals surface area contributed by atoms with Gasteiger partial charge < -0.3 is 14.9 Å². The summed E-state index contributed by atoms with van der Waals surface area (Å²) in [6.07, 6.45) is 1.78. The largest absolute Gasteiger partial charge is 0.508 e. The number of benzene rings is 1. The molecule has 4 heterocycles. The van der Waals surface area contributed by atoms with Crippen molar-refractivity contribution in [2.75, 3.05) is 38.1 Å². The van der Waals surface area contributed by atoms with Gasteiger partial charge in [0, 0.05) is 49.6 Å². The zero-order valence-corrected chi connectivity index (χ0v) is 18.3. The van der Waals surface area contributed by atoms with Crippen LogP contribution in [0, 0.1) is 24.1 Å². The minimum absolute atomic E-state index is 0.142. The second-order valence-corrected chi connectivity index (χ2v) is 8.23. The lowest BCUT2D eigenvalue weighted by molar-refractivity contribution is 0.312. The number of piperazine rings is 1. The lowest BCUT2D eigenvalue weighted by Gasteiger charge is -2.33. The van der Waals surface area contributed by atoms with E-state index in [1.165, 1.54) is 12.1 Å². The second kappa shape index (κ2) is 8.15. The number of rotatable bonds is 3. The maximum absolute atomic E-state index is 14.5. The first-order chi connectivity index (χ1) is 16.0. The van der Waals surface area contributed by atoms with Gasteiger partial charge in [-0.3, -0.25) is 5.10 Å². The molecule has 166 valence electrons. The van der Waals surface area contributed by atoms with Crippen LogP contribution >= 0.6 is 0 Å². The first-order valence-electron chi connectivity index (χ1n) is 10.6. The molecule has 0 radical (unpaired) electrons. The number of pyridine rings is 2. The molecule has 8 nitrogen and oxygen atoms in total. The van der Waals surface area contributed by atoms with Crippen molar-refractivity contribution in [1.82, 2.24) is 25.1 Å². The van der Waals surface area contributed by atoms with Gasteiger partial charge in [-0.1, -0.05) is 0 Å². The molecule has 1 aliphatic rings. The predicted molar refractivity (Wildman–Crippen MR) is 123 cm³/mol. The molecule has 1 fully saturated rings. The molecule has 0 amide bonds. The first-order valence-corrected chi connectivity index (χ1v) is 10.6. The lowest BCUT2D eigenvalue weighted by Crippen LogP contribution is -2.44. The summed E-state index contributed by atoms with van der Waals surface area (Å²) < 4.78 is 14.5. The highest BCUT2D eigenvalue weighted by molar-refractivity contribution is 5.96. The van der Waals surface area contributed by atoms with E-state index in [1.807, 2.05) is 12.1 Å². The standard InChI is InChI=1S/C24H22FN7O/c1-14-18(12-26)23(17-5-4-16(33)11-19(17)25)28-24-21(14)22(29-30-24)15-3-6-20(27-13-15)32-9-7-31(2)8-10-32/h3-6,11,13,33H,7-10H2,1-2H3,(H,28,29,30). The maximum Gasteiger partial charge on any atom is 0.156 e. The van der Waals surface area contributed by atoms with Gasteiger partial charge in [-0.05, 0) is 43.8 Å². The molecule has 0 aliphatic carbocycles. The van der Waals surface area contributed by atoms with Crippen molar-refractivity contribution < 1.29 is 9.50 Å². The number of aromatic hydroxyl groups is 1. The van der Waals surface area contributed by atoms with Gasteiger partial charge in [0.2, 0.25) is 0 Å². The zero-order chi connectivity index (χ0) is 23.1. The third-order valence-corrected chi connectivity index (χ3v) is 6.13. The number of aromatic amines is 1. The highest BCUT2D eigenvalue weighted by Crippen LogP contribution is 2.35. The van der Waals surface area contributed by atoms with Crippen molar-refractivity contribution in [2.24, 2.45) is 0 Å². The summed E-state index contributed by atoms with van der Waals surface area (Å²) in [4.78, 5) is 13.7. The van der Waals surface area contributed by atoms with E-state index in [1.54, 1.807) is 13.1 Å². The van der Waals surface area contributed by atoms with Gasteiger partial charge in [-0.2, -0.15) is 10.4 Å². The quantitative estimate of drug-likeness (QED) is 0.500. The van der Waals surface area contributed by atoms with Gasteiger partial charge in [-0.25, -0.2) is 14.4 Å². The predicted octanol–water partition coefficient (Wildman–Crippen LogP) is 3.46. The average molecular weight is 443 g/mol. The molecule has 3 aromatic heterocycles. The van der Waals surface area contributed by atoms with Crippen molar-refractivity contribution >= 4 is 16.9 Å². The Balaban J connectivity index is 1.56. The number of phenolic OH excluding ortho intramolecular Hbond substituents is 1. The van der Waals surface area contributed by atoms with Crippen molar-refractivity contribution in [1.29, 1.82) is 5.26 Å². The molecule has 1 aromatic carbocycles. The van der Waals surface area contributed by atoms with Crippen molar-refractivity contribution in [3.8, 4) is 34.3 Å². The number of halogens is 1. The summed E-state index contributed by atoms with van der Waals surface area (Å²) in [6, 6.07) is 9.90. The Morgan fingerprint density at radius 1 is 1.12 bits per heavy atom. The Morgan fingerprint density at radius 3 is 2.58 bits per heavy atom. The van der Waals surface area contributed by atoms with Gasteiger partial charge in [0.1, 0.15) is 29.1 Å². The van der Waals surface area contributed by atoms with Crippen LogP contribution in [0.4, 0.5) is 10.2 Å². The van der Waals surface area contributed by atoms with Crippen LogP contribution in [0.1, 0.15) is 11.1 Å². The van der Waals surface area contributed by atoms with E-state index in [4.69, 9.17) is 0 Å². The smallest absolute Gasteiger partial charge is 0.156 e. The monoisotopic (exact) mass is 443 g/mol. The number of hydrogen-bond donors (Lipinski definition) is 2. The minimum atomic E-state index is -0.652. The van der Waals surface area contributed by atoms with E-state index in [0.29, 0.717) is 22.3 Å². The molecular formula is C24H22FN7O.